The molecule has 1 N–H and O–H groups in total. The second-order valence-corrected chi connectivity index (χ2v) is 5.14. The van der Waals surface area contributed by atoms with Crippen molar-refractivity contribution in [3.8, 4) is 5.75 Å². The van der Waals surface area contributed by atoms with Crippen LogP contribution in [-0.4, -0.2) is 10.9 Å². The Morgan fingerprint density at radius 1 is 1.26 bits per heavy atom. The van der Waals surface area contributed by atoms with Gasteiger partial charge in [-0.3, -0.25) is 4.79 Å². The van der Waals surface area contributed by atoms with E-state index in [1.54, 1.807) is 12.1 Å². The molecule has 0 spiro atoms. The minimum Gasteiger partial charge on any atom is -0.472 e. The summed E-state index contributed by atoms with van der Waals surface area (Å²) in [6.45, 7) is 1.96. The highest BCUT2D eigenvalue weighted by molar-refractivity contribution is 9.10. The average molecular weight is 319 g/mol. The number of fused-ring (bicyclic) bond motifs is 1. The average Bonchev–Trinajstić information content (AvgIpc) is 2.39. The highest BCUT2D eigenvalue weighted by atomic mass is 79.9. The largest absolute Gasteiger partial charge is 0.472 e. The first kappa shape index (κ1) is 12.2. The van der Waals surface area contributed by atoms with Crippen LogP contribution in [0.15, 0.2) is 41.0 Å². The third-order valence-corrected chi connectivity index (χ3v) is 3.46. The molecule has 96 valence electrons. The monoisotopic (exact) mass is 318 g/mol. The predicted molar refractivity (Wildman–Crippen MR) is 75.1 cm³/mol. The molecule has 1 atom stereocenters. The Kier molecular flexibility index (Phi) is 2.98. The van der Waals surface area contributed by atoms with Gasteiger partial charge in [-0.1, -0.05) is 24.3 Å². The van der Waals surface area contributed by atoms with Crippen molar-refractivity contribution in [3.05, 3.63) is 52.1 Å². The Bertz CT molecular complexity index is 658. The van der Waals surface area contributed by atoms with Crippen molar-refractivity contribution in [3.63, 3.8) is 0 Å². The minimum atomic E-state index is -0.628. The van der Waals surface area contributed by atoms with E-state index < -0.39 is 6.10 Å². The molecule has 0 saturated heterocycles. The molecular weight excluding hydrogens is 308 g/mol. The van der Waals surface area contributed by atoms with Gasteiger partial charge in [0.25, 0.3) is 5.91 Å². The molecule has 0 aliphatic carbocycles. The quantitative estimate of drug-likeness (QED) is 0.821. The van der Waals surface area contributed by atoms with Gasteiger partial charge in [0, 0.05) is 5.56 Å². The van der Waals surface area contributed by atoms with Crippen LogP contribution in [0.3, 0.4) is 0 Å². The van der Waals surface area contributed by atoms with Crippen LogP contribution in [0.2, 0.25) is 0 Å². The molecule has 1 aliphatic rings. The molecular formula is C14H11BrN2O2. The Morgan fingerprint density at radius 3 is 2.84 bits per heavy atom. The molecule has 1 amide bonds. The molecule has 1 aliphatic heterocycles. The molecule has 0 radical (unpaired) electrons. The molecule has 0 fully saturated rings. The number of halogens is 1. The zero-order valence-electron chi connectivity index (χ0n) is 10.2. The lowest BCUT2D eigenvalue weighted by atomic mass is 10.0. The second-order valence-electron chi connectivity index (χ2n) is 4.32. The van der Waals surface area contributed by atoms with E-state index in [1.165, 1.54) is 0 Å². The second kappa shape index (κ2) is 4.66. The summed E-state index contributed by atoms with van der Waals surface area (Å²) in [5.74, 6) is 0.827. The summed E-state index contributed by atoms with van der Waals surface area (Å²) in [5, 5.41) is 2.77. The fraction of sp³-hybridized carbons (Fsp3) is 0.143. The SMILES string of the molecule is Cc1ccccc1C1Oc2ccc(Br)nc2NC1=O. The van der Waals surface area contributed by atoms with Gasteiger partial charge in [0.05, 0.1) is 0 Å². The summed E-state index contributed by atoms with van der Waals surface area (Å²) in [7, 11) is 0. The summed E-state index contributed by atoms with van der Waals surface area (Å²) in [6, 6.07) is 11.3. The number of nitrogens with one attached hydrogen (secondary N) is 1. The number of carbonyl (C=O) groups excluding carboxylic acids is 1. The van der Waals surface area contributed by atoms with Gasteiger partial charge in [-0.25, -0.2) is 4.98 Å². The van der Waals surface area contributed by atoms with E-state index in [1.807, 2.05) is 31.2 Å². The van der Waals surface area contributed by atoms with Crippen molar-refractivity contribution in [2.24, 2.45) is 0 Å². The van der Waals surface area contributed by atoms with Gasteiger partial charge in [-0.2, -0.15) is 0 Å². The maximum atomic E-state index is 12.1. The van der Waals surface area contributed by atoms with Crippen LogP contribution >= 0.6 is 15.9 Å². The zero-order valence-corrected chi connectivity index (χ0v) is 11.8. The number of rotatable bonds is 1. The molecule has 5 heteroatoms. The third-order valence-electron chi connectivity index (χ3n) is 3.02. The Balaban J connectivity index is 2.01. The van der Waals surface area contributed by atoms with Crippen LogP contribution in [-0.2, 0) is 4.79 Å². The molecule has 2 aromatic rings. The smallest absolute Gasteiger partial charge is 0.271 e. The summed E-state index contributed by atoms with van der Waals surface area (Å²) in [5.41, 5.74) is 1.89. The van der Waals surface area contributed by atoms with Crippen molar-refractivity contribution in [2.75, 3.05) is 5.32 Å². The fourth-order valence-corrected chi connectivity index (χ4v) is 2.37. The van der Waals surface area contributed by atoms with Crippen LogP contribution < -0.4 is 10.1 Å². The van der Waals surface area contributed by atoms with Gasteiger partial charge in [-0.15, -0.1) is 0 Å². The number of aromatic nitrogens is 1. The lowest BCUT2D eigenvalue weighted by molar-refractivity contribution is -0.123. The predicted octanol–water partition coefficient (Wildman–Crippen LogP) is 3.22. The molecule has 1 aromatic heterocycles. The Morgan fingerprint density at radius 2 is 2.05 bits per heavy atom. The highest BCUT2D eigenvalue weighted by Crippen LogP contribution is 2.35. The van der Waals surface area contributed by atoms with E-state index >= 15 is 0 Å². The number of aryl methyl sites for hydroxylation is 1. The summed E-state index contributed by atoms with van der Waals surface area (Å²) in [6.07, 6.45) is -0.628. The number of carbonyl (C=O) groups is 1. The molecule has 1 unspecified atom stereocenters. The van der Waals surface area contributed by atoms with Crippen LogP contribution in [0.5, 0.6) is 5.75 Å². The van der Waals surface area contributed by atoms with E-state index in [9.17, 15) is 4.79 Å². The number of nitrogens with zero attached hydrogens (tertiary/aromatic N) is 1. The fourth-order valence-electron chi connectivity index (χ4n) is 2.06. The summed E-state index contributed by atoms with van der Waals surface area (Å²) < 4.78 is 6.43. The van der Waals surface area contributed by atoms with Gasteiger partial charge >= 0.3 is 0 Å². The molecule has 0 saturated carbocycles. The van der Waals surface area contributed by atoms with Gasteiger partial charge in [0.2, 0.25) is 6.10 Å². The first-order valence-electron chi connectivity index (χ1n) is 5.85. The number of pyridine rings is 1. The van der Waals surface area contributed by atoms with Crippen molar-refractivity contribution in [2.45, 2.75) is 13.0 Å². The number of benzene rings is 1. The van der Waals surface area contributed by atoms with Crippen LogP contribution in [0, 0.1) is 6.92 Å². The maximum Gasteiger partial charge on any atom is 0.271 e. The lowest BCUT2D eigenvalue weighted by Gasteiger charge is -2.26. The summed E-state index contributed by atoms with van der Waals surface area (Å²) in [4.78, 5) is 16.3. The molecule has 0 bridgehead atoms. The number of hydrogen-bond acceptors (Lipinski definition) is 3. The van der Waals surface area contributed by atoms with E-state index in [2.05, 4.69) is 26.2 Å². The van der Waals surface area contributed by atoms with E-state index in [0.29, 0.717) is 16.2 Å². The normalized spacial score (nSPS) is 17.4. The van der Waals surface area contributed by atoms with Crippen molar-refractivity contribution >= 4 is 27.7 Å². The van der Waals surface area contributed by atoms with E-state index in [-0.39, 0.29) is 5.91 Å². The first-order chi connectivity index (χ1) is 9.15. The molecule has 1 aromatic carbocycles. The third kappa shape index (κ3) is 2.21. The standard InChI is InChI=1S/C14H11BrN2O2/c1-8-4-2-3-5-9(8)12-14(18)17-13-10(19-12)6-7-11(15)16-13/h2-7,12H,1H3,(H,16,17,18). The number of anilines is 1. The maximum absolute atomic E-state index is 12.1. The van der Waals surface area contributed by atoms with Crippen molar-refractivity contribution < 1.29 is 9.53 Å². The molecule has 3 rings (SSSR count). The van der Waals surface area contributed by atoms with Crippen LogP contribution in [0.1, 0.15) is 17.2 Å². The van der Waals surface area contributed by atoms with Crippen LogP contribution in [0.4, 0.5) is 5.82 Å². The first-order valence-corrected chi connectivity index (χ1v) is 6.64. The molecule has 19 heavy (non-hydrogen) atoms. The Hall–Kier alpha value is -1.88. The van der Waals surface area contributed by atoms with Gasteiger partial charge in [-0.05, 0) is 40.5 Å². The number of hydrogen-bond donors (Lipinski definition) is 1. The van der Waals surface area contributed by atoms with E-state index in [0.717, 1.165) is 11.1 Å². The Labute approximate surface area is 118 Å². The van der Waals surface area contributed by atoms with Gasteiger partial charge in [0.1, 0.15) is 4.60 Å². The zero-order chi connectivity index (χ0) is 13.4. The summed E-state index contributed by atoms with van der Waals surface area (Å²) >= 11 is 3.26. The highest BCUT2D eigenvalue weighted by Gasteiger charge is 2.30. The minimum absolute atomic E-state index is 0.201. The lowest BCUT2D eigenvalue weighted by Crippen LogP contribution is -2.31. The molecule has 2 heterocycles. The van der Waals surface area contributed by atoms with Gasteiger partial charge in [0.15, 0.2) is 11.6 Å². The molecule has 4 nitrogen and oxygen atoms in total. The number of ether oxygens (including phenoxy) is 1. The van der Waals surface area contributed by atoms with Crippen molar-refractivity contribution in [1.82, 2.24) is 4.98 Å². The van der Waals surface area contributed by atoms with E-state index in [4.69, 9.17) is 4.74 Å². The number of amides is 1. The van der Waals surface area contributed by atoms with Gasteiger partial charge < -0.3 is 10.1 Å². The van der Waals surface area contributed by atoms with Crippen molar-refractivity contribution in [1.29, 1.82) is 0 Å². The van der Waals surface area contributed by atoms with Crippen LogP contribution in [0.25, 0.3) is 0 Å². The topological polar surface area (TPSA) is 51.2 Å².